The topological polar surface area (TPSA) is 54.7 Å². The Labute approximate surface area is 151 Å². The molecule has 0 atom stereocenters. The Morgan fingerprint density at radius 3 is 2.42 bits per heavy atom. The van der Waals surface area contributed by atoms with Crippen LogP contribution in [0.5, 0.6) is 0 Å². The molecule has 1 saturated heterocycles. The molecule has 1 N–H and O–H groups in total. The van der Waals surface area contributed by atoms with Crippen LogP contribution < -0.4 is 10.2 Å². The fourth-order valence-electron chi connectivity index (χ4n) is 2.85. The number of hydrogen-bond acceptors (Lipinski definition) is 4. The van der Waals surface area contributed by atoms with Crippen molar-refractivity contribution in [3.63, 3.8) is 0 Å². The second-order valence-electron chi connectivity index (χ2n) is 6.06. The maximum absolute atomic E-state index is 13.0. The summed E-state index contributed by atoms with van der Waals surface area (Å²) in [5.41, 5.74) is 3.26. The maximum Gasteiger partial charge on any atom is 0.414 e. The van der Waals surface area contributed by atoms with E-state index in [1.807, 2.05) is 39.2 Å². The predicted octanol–water partition coefficient (Wildman–Crippen LogP) is 4.34. The van der Waals surface area contributed by atoms with Crippen LogP contribution in [-0.2, 0) is 4.74 Å². The summed E-state index contributed by atoms with van der Waals surface area (Å²) in [5.74, 6) is 0.385. The minimum absolute atomic E-state index is 0.282. The Morgan fingerprint density at radius 2 is 1.81 bits per heavy atom. The van der Waals surface area contributed by atoms with Crippen LogP contribution in [-0.4, -0.2) is 33.3 Å². The van der Waals surface area contributed by atoms with Crippen LogP contribution >= 0.6 is 0 Å². The summed E-state index contributed by atoms with van der Waals surface area (Å²) < 4.78 is 23.9. The second kappa shape index (κ2) is 7.58. The molecule has 4 rings (SSSR count). The number of rotatable bonds is 2. The number of nitrogens with zero attached hydrogens (tertiary/aromatic N) is 1. The highest BCUT2D eigenvalue weighted by Crippen LogP contribution is 2.33. The summed E-state index contributed by atoms with van der Waals surface area (Å²) >= 11 is 0. The number of benzene rings is 2. The molecule has 136 valence electrons. The van der Waals surface area contributed by atoms with Crippen LogP contribution in [0.2, 0.25) is 0 Å². The van der Waals surface area contributed by atoms with Gasteiger partial charge in [-0.25, -0.2) is 9.18 Å². The van der Waals surface area contributed by atoms with Gasteiger partial charge in [0.2, 0.25) is 0 Å². The normalized spacial score (nSPS) is 13.5. The monoisotopic (exact) mass is 356 g/mol. The SMILES string of the molecule is CNC.Cc1cc2cc(-c3ccc(F)cc3)oc2cc1N1CCOC1=O. The number of halogens is 1. The second-order valence-corrected chi connectivity index (χ2v) is 6.06. The molecule has 0 aliphatic carbocycles. The summed E-state index contributed by atoms with van der Waals surface area (Å²) in [5, 5.41) is 3.69. The number of ether oxygens (including phenoxy) is 1. The van der Waals surface area contributed by atoms with Crippen LogP contribution in [0.15, 0.2) is 46.9 Å². The van der Waals surface area contributed by atoms with Gasteiger partial charge in [0.1, 0.15) is 23.8 Å². The standard InChI is InChI=1S/C18H14FNO3.C2H7N/c1-11-8-13-9-16(12-2-4-14(19)5-3-12)23-17(13)10-15(11)20-6-7-22-18(20)21;1-3-2/h2-5,8-10H,6-7H2,1H3;3H,1-2H3. The van der Waals surface area contributed by atoms with Gasteiger partial charge in [-0.05, 0) is 63.0 Å². The summed E-state index contributed by atoms with van der Waals surface area (Å²) in [7, 11) is 3.75. The summed E-state index contributed by atoms with van der Waals surface area (Å²) in [6, 6.07) is 11.9. The van der Waals surface area contributed by atoms with E-state index in [-0.39, 0.29) is 11.9 Å². The molecule has 2 aromatic carbocycles. The molecule has 5 nitrogen and oxygen atoms in total. The van der Waals surface area contributed by atoms with Crippen molar-refractivity contribution >= 4 is 22.7 Å². The third-order valence-electron chi connectivity index (χ3n) is 4.02. The van der Waals surface area contributed by atoms with Gasteiger partial charge in [-0.1, -0.05) is 0 Å². The van der Waals surface area contributed by atoms with Gasteiger partial charge in [0.05, 0.1) is 12.2 Å². The van der Waals surface area contributed by atoms with Crippen LogP contribution in [0.3, 0.4) is 0 Å². The van der Waals surface area contributed by atoms with E-state index in [2.05, 4.69) is 5.32 Å². The van der Waals surface area contributed by atoms with Gasteiger partial charge >= 0.3 is 6.09 Å². The quantitative estimate of drug-likeness (QED) is 0.742. The number of aryl methyl sites for hydroxylation is 1. The van der Waals surface area contributed by atoms with Crippen LogP contribution in [0.4, 0.5) is 14.9 Å². The highest BCUT2D eigenvalue weighted by Gasteiger charge is 2.25. The highest BCUT2D eigenvalue weighted by molar-refractivity contribution is 5.95. The average Bonchev–Trinajstić information content (AvgIpc) is 3.21. The molecule has 0 unspecified atom stereocenters. The van der Waals surface area contributed by atoms with Crippen molar-refractivity contribution in [3.05, 3.63) is 53.8 Å². The fourth-order valence-corrected chi connectivity index (χ4v) is 2.85. The molecule has 1 fully saturated rings. The van der Waals surface area contributed by atoms with E-state index in [0.717, 1.165) is 22.2 Å². The molecule has 0 bridgehead atoms. The molecule has 6 heteroatoms. The summed E-state index contributed by atoms with van der Waals surface area (Å²) in [6.07, 6.45) is -0.335. The van der Waals surface area contributed by atoms with Gasteiger partial charge in [-0.3, -0.25) is 4.90 Å². The number of furan rings is 1. The first-order chi connectivity index (χ1) is 12.5. The van der Waals surface area contributed by atoms with Crippen LogP contribution in [0.1, 0.15) is 5.56 Å². The van der Waals surface area contributed by atoms with E-state index in [0.29, 0.717) is 24.5 Å². The number of amides is 1. The largest absolute Gasteiger partial charge is 0.456 e. The van der Waals surface area contributed by atoms with Gasteiger partial charge in [0.15, 0.2) is 0 Å². The molecular weight excluding hydrogens is 335 g/mol. The van der Waals surface area contributed by atoms with E-state index in [1.165, 1.54) is 12.1 Å². The van der Waals surface area contributed by atoms with E-state index in [4.69, 9.17) is 9.15 Å². The van der Waals surface area contributed by atoms with E-state index < -0.39 is 0 Å². The molecule has 1 aliphatic heterocycles. The molecule has 0 saturated carbocycles. The lowest BCUT2D eigenvalue weighted by Gasteiger charge is -2.15. The third-order valence-corrected chi connectivity index (χ3v) is 4.02. The number of hydrogen-bond donors (Lipinski definition) is 1. The molecule has 0 radical (unpaired) electrons. The number of carbonyl (C=O) groups excluding carboxylic acids is 1. The molecule has 0 spiro atoms. The van der Waals surface area contributed by atoms with E-state index in [1.54, 1.807) is 17.0 Å². The molecule has 26 heavy (non-hydrogen) atoms. The molecule has 1 aliphatic rings. The smallest absolute Gasteiger partial charge is 0.414 e. The van der Waals surface area contributed by atoms with Crippen molar-refractivity contribution in [1.29, 1.82) is 0 Å². The van der Waals surface area contributed by atoms with Crippen molar-refractivity contribution in [2.75, 3.05) is 32.1 Å². The lowest BCUT2D eigenvalue weighted by atomic mass is 10.1. The zero-order chi connectivity index (χ0) is 18.7. The van der Waals surface area contributed by atoms with Gasteiger partial charge in [-0.2, -0.15) is 0 Å². The average molecular weight is 356 g/mol. The maximum atomic E-state index is 13.0. The van der Waals surface area contributed by atoms with Crippen LogP contribution in [0.25, 0.3) is 22.3 Å². The molecule has 1 amide bonds. The first-order valence-electron chi connectivity index (χ1n) is 8.36. The van der Waals surface area contributed by atoms with Crippen molar-refractivity contribution in [2.24, 2.45) is 0 Å². The Bertz CT molecular complexity index is 919. The third kappa shape index (κ3) is 3.55. The number of cyclic esters (lactones) is 1. The number of carbonyl (C=O) groups is 1. The zero-order valence-corrected chi connectivity index (χ0v) is 15.0. The van der Waals surface area contributed by atoms with Gasteiger partial charge in [-0.15, -0.1) is 0 Å². The predicted molar refractivity (Wildman–Crippen MR) is 100 cm³/mol. The Kier molecular flexibility index (Phi) is 5.23. The van der Waals surface area contributed by atoms with Gasteiger partial charge < -0.3 is 14.5 Å². The van der Waals surface area contributed by atoms with Crippen LogP contribution in [0, 0.1) is 12.7 Å². The van der Waals surface area contributed by atoms with E-state index in [9.17, 15) is 9.18 Å². The molecule has 1 aromatic heterocycles. The summed E-state index contributed by atoms with van der Waals surface area (Å²) in [6.45, 7) is 2.89. The van der Waals surface area contributed by atoms with Gasteiger partial charge in [0.25, 0.3) is 0 Å². The lowest BCUT2D eigenvalue weighted by Crippen LogP contribution is -2.24. The van der Waals surface area contributed by atoms with Crippen molar-refractivity contribution < 1.29 is 18.3 Å². The fraction of sp³-hybridized carbons (Fsp3) is 0.250. The Morgan fingerprint density at radius 1 is 1.12 bits per heavy atom. The number of nitrogens with one attached hydrogen (secondary N) is 1. The van der Waals surface area contributed by atoms with Crippen molar-refractivity contribution in [1.82, 2.24) is 5.32 Å². The van der Waals surface area contributed by atoms with Crippen molar-refractivity contribution in [3.8, 4) is 11.3 Å². The Hall–Kier alpha value is -2.86. The first-order valence-corrected chi connectivity index (χ1v) is 8.36. The Balaban J connectivity index is 0.000000613. The van der Waals surface area contributed by atoms with Crippen molar-refractivity contribution in [2.45, 2.75) is 6.92 Å². The van der Waals surface area contributed by atoms with Gasteiger partial charge in [0, 0.05) is 17.0 Å². The highest BCUT2D eigenvalue weighted by atomic mass is 19.1. The minimum Gasteiger partial charge on any atom is -0.456 e. The molecule has 3 aromatic rings. The number of anilines is 1. The molecule has 2 heterocycles. The lowest BCUT2D eigenvalue weighted by molar-refractivity contribution is 0.181. The first kappa shape index (κ1) is 17.9. The number of fused-ring (bicyclic) bond motifs is 1. The minimum atomic E-state index is -0.335. The summed E-state index contributed by atoms with van der Waals surface area (Å²) in [4.78, 5) is 13.4. The molecular formula is C20H21FN2O3. The van der Waals surface area contributed by atoms with E-state index >= 15 is 0 Å². The zero-order valence-electron chi connectivity index (χ0n) is 15.0.